The van der Waals surface area contributed by atoms with Gasteiger partial charge in [0.05, 0.1) is 0 Å². The number of rotatable bonds is 0. The molecule has 4 nitrogen and oxygen atoms in total. The van der Waals surface area contributed by atoms with Crippen LogP contribution in [0.1, 0.15) is 0 Å². The zero-order valence-electron chi connectivity index (χ0n) is 6.62. The van der Waals surface area contributed by atoms with Crippen molar-refractivity contribution in [3.05, 3.63) is 36.4 Å². The van der Waals surface area contributed by atoms with Gasteiger partial charge >= 0.3 is 10.5 Å². The summed E-state index contributed by atoms with van der Waals surface area (Å²) in [7, 11) is -2.49. The summed E-state index contributed by atoms with van der Waals surface area (Å²) in [5, 5.41) is -0.367. The van der Waals surface area contributed by atoms with Gasteiger partial charge in [-0.2, -0.15) is 8.42 Å². The van der Waals surface area contributed by atoms with Gasteiger partial charge in [-0.05, 0) is 12.2 Å². The third-order valence-corrected chi connectivity index (χ3v) is 1.38. The van der Waals surface area contributed by atoms with Crippen LogP contribution in [0.5, 0.6) is 0 Å². The minimum Gasteiger partial charge on any atom is -0.374 e. The van der Waals surface area contributed by atoms with E-state index in [2.05, 4.69) is 22.3 Å². The van der Waals surface area contributed by atoms with E-state index in [1.807, 2.05) is 36.4 Å². The first-order chi connectivity index (χ1) is 6.13. The second kappa shape index (κ2) is 7.38. The van der Waals surface area contributed by atoms with Crippen LogP contribution in [0.15, 0.2) is 40.8 Å². The Balaban J connectivity index is 0.000000223. The molecule has 6 heteroatoms. The second-order valence-corrected chi connectivity index (χ2v) is 2.84. The van der Waals surface area contributed by atoms with Crippen LogP contribution in [0, 0.1) is 0 Å². The highest BCUT2D eigenvalue weighted by Gasteiger charge is 1.74. The molecular weight excluding hydrogens is 208 g/mol. The van der Waals surface area contributed by atoms with Crippen molar-refractivity contribution in [1.82, 2.24) is 0 Å². The van der Waals surface area contributed by atoms with Gasteiger partial charge in [-0.3, -0.25) is 0 Å². The van der Waals surface area contributed by atoms with Gasteiger partial charge in [-0.25, -0.2) is 0 Å². The number of nitrogens with zero attached hydrogens (tertiary/aromatic N) is 1. The normalized spacial score (nSPS) is 7.69. The first kappa shape index (κ1) is 11.7. The van der Waals surface area contributed by atoms with Gasteiger partial charge in [0.1, 0.15) is 0 Å². The highest BCUT2D eigenvalue weighted by atomic mass is 32.2. The van der Waals surface area contributed by atoms with Crippen molar-refractivity contribution in [3.8, 4) is 0 Å². The smallest absolute Gasteiger partial charge is 0.318 e. The molecule has 13 heavy (non-hydrogen) atoms. The molecule has 2 N–H and O–H groups in total. The zero-order valence-corrected chi connectivity index (χ0v) is 8.25. The van der Waals surface area contributed by atoms with Crippen LogP contribution < -0.4 is 5.73 Å². The maximum absolute atomic E-state index is 9.48. The van der Waals surface area contributed by atoms with Gasteiger partial charge in [0, 0.05) is 0 Å². The average Bonchev–Trinajstić information content (AvgIpc) is 2.06. The molecule has 70 valence electrons. The molecule has 0 amide bonds. The van der Waals surface area contributed by atoms with Gasteiger partial charge < -0.3 is 5.73 Å². The van der Waals surface area contributed by atoms with Crippen LogP contribution >= 0.6 is 12.2 Å². The first-order valence-electron chi connectivity index (χ1n) is 3.23. The average molecular weight is 216 g/mol. The molecule has 0 aliphatic heterocycles. The summed E-state index contributed by atoms with van der Waals surface area (Å²) >= 11 is 4.09. The molecule has 0 unspecified atom stereocenters. The third kappa shape index (κ3) is 10.7. The molecule has 1 rings (SSSR count). The lowest BCUT2D eigenvalue weighted by atomic mass is 10.4. The third-order valence-electron chi connectivity index (χ3n) is 0.831. The van der Waals surface area contributed by atoms with Crippen molar-refractivity contribution in [1.29, 1.82) is 0 Å². The minimum absolute atomic E-state index is 0.367. The standard InChI is InChI=1S/C6H6.CH2N2O2S2/c1-2-4-6-5-3-1;2-1(6)3-7(4)5/h1-6H;(H2,2,6). The van der Waals surface area contributed by atoms with E-state index >= 15 is 0 Å². The summed E-state index contributed by atoms with van der Waals surface area (Å²) in [6.07, 6.45) is 0. The second-order valence-electron chi connectivity index (χ2n) is 1.80. The van der Waals surface area contributed by atoms with Crippen LogP contribution in [0.3, 0.4) is 0 Å². The predicted molar refractivity (Wildman–Crippen MR) is 54.6 cm³/mol. The maximum Gasteiger partial charge on any atom is 0.318 e. The molecule has 0 saturated heterocycles. The van der Waals surface area contributed by atoms with Crippen molar-refractivity contribution >= 4 is 27.8 Å². The zero-order chi connectivity index (χ0) is 10.1. The molecule has 0 aromatic heterocycles. The first-order valence-corrected chi connectivity index (χ1v) is 4.67. The Morgan fingerprint density at radius 3 is 1.46 bits per heavy atom. The summed E-state index contributed by atoms with van der Waals surface area (Å²) in [6, 6.07) is 12.0. The largest absolute Gasteiger partial charge is 0.374 e. The topological polar surface area (TPSA) is 72.5 Å². The molecule has 1 aromatic rings. The molecule has 0 heterocycles. The molecular formula is C7H8N2O2S2. The lowest BCUT2D eigenvalue weighted by Gasteiger charge is -1.69. The quantitative estimate of drug-likeness (QED) is 0.656. The fraction of sp³-hybridized carbons (Fsp3) is 0. The molecule has 0 spiro atoms. The molecule has 0 fully saturated rings. The number of nitrogens with two attached hydrogens (primary N) is 1. The summed E-state index contributed by atoms with van der Waals surface area (Å²) in [6.45, 7) is 0. The van der Waals surface area contributed by atoms with Gasteiger partial charge in [0.2, 0.25) is 5.11 Å². The van der Waals surface area contributed by atoms with E-state index in [9.17, 15) is 8.42 Å². The van der Waals surface area contributed by atoms with Gasteiger partial charge in [-0.15, -0.1) is 4.36 Å². The molecule has 1 aromatic carbocycles. The fourth-order valence-corrected chi connectivity index (χ4v) is 0.788. The van der Waals surface area contributed by atoms with Gasteiger partial charge in [0.15, 0.2) is 0 Å². The Hall–Kier alpha value is -1.27. The highest BCUT2D eigenvalue weighted by molar-refractivity contribution is 7.80. The monoisotopic (exact) mass is 216 g/mol. The molecule has 0 bridgehead atoms. The van der Waals surface area contributed by atoms with E-state index in [-0.39, 0.29) is 5.11 Å². The summed E-state index contributed by atoms with van der Waals surface area (Å²) in [5.74, 6) is 0. The summed E-state index contributed by atoms with van der Waals surface area (Å²) in [4.78, 5) is 0. The van der Waals surface area contributed by atoms with Crippen molar-refractivity contribution in [2.45, 2.75) is 0 Å². The Labute approximate surface area is 83.1 Å². The summed E-state index contributed by atoms with van der Waals surface area (Å²) in [5.41, 5.74) is 4.67. The SMILES string of the molecule is NC(=S)N=S(=O)=O.c1ccccc1. The molecule has 0 radical (unpaired) electrons. The lowest BCUT2D eigenvalue weighted by molar-refractivity contribution is 0.623. The molecule has 0 saturated carbocycles. The van der Waals surface area contributed by atoms with Crippen molar-refractivity contribution in [2.24, 2.45) is 10.1 Å². The van der Waals surface area contributed by atoms with Crippen LogP contribution in [-0.4, -0.2) is 13.5 Å². The van der Waals surface area contributed by atoms with Crippen molar-refractivity contribution in [3.63, 3.8) is 0 Å². The number of thiocarbonyl (C=S) groups is 1. The molecule has 0 aliphatic carbocycles. The van der Waals surface area contributed by atoms with Crippen molar-refractivity contribution in [2.75, 3.05) is 0 Å². The molecule has 0 aliphatic rings. The van der Waals surface area contributed by atoms with E-state index in [4.69, 9.17) is 0 Å². The lowest BCUT2D eigenvalue weighted by Crippen LogP contribution is -2.01. The van der Waals surface area contributed by atoms with E-state index in [0.717, 1.165) is 0 Å². The molecule has 0 atom stereocenters. The Kier molecular flexibility index (Phi) is 6.66. The minimum atomic E-state index is -2.49. The van der Waals surface area contributed by atoms with Crippen LogP contribution in [0.4, 0.5) is 0 Å². The van der Waals surface area contributed by atoms with Gasteiger partial charge in [0.25, 0.3) is 0 Å². The Bertz CT molecular complexity index is 338. The Morgan fingerprint density at radius 1 is 1.08 bits per heavy atom. The van der Waals surface area contributed by atoms with E-state index < -0.39 is 10.5 Å². The van der Waals surface area contributed by atoms with Crippen molar-refractivity contribution < 1.29 is 8.42 Å². The fourth-order valence-electron chi connectivity index (χ4n) is 0.458. The maximum atomic E-state index is 9.48. The number of hydrogen-bond donors (Lipinski definition) is 1. The van der Waals surface area contributed by atoms with E-state index in [0.29, 0.717) is 0 Å². The van der Waals surface area contributed by atoms with E-state index in [1.165, 1.54) is 0 Å². The summed E-state index contributed by atoms with van der Waals surface area (Å²) < 4.78 is 21.7. The highest BCUT2D eigenvalue weighted by Crippen LogP contribution is 1.79. The number of hydrogen-bond acceptors (Lipinski definition) is 3. The predicted octanol–water partition coefficient (Wildman–Crippen LogP) is 0.979. The van der Waals surface area contributed by atoms with Gasteiger partial charge in [-0.1, -0.05) is 36.4 Å². The Morgan fingerprint density at radius 2 is 1.38 bits per heavy atom. The van der Waals surface area contributed by atoms with Crippen LogP contribution in [-0.2, 0) is 10.5 Å². The van der Waals surface area contributed by atoms with Crippen LogP contribution in [0.2, 0.25) is 0 Å². The van der Waals surface area contributed by atoms with E-state index in [1.54, 1.807) is 0 Å². The number of benzene rings is 1. The van der Waals surface area contributed by atoms with Crippen LogP contribution in [0.25, 0.3) is 0 Å².